The molecule has 1 atom stereocenters. The molecule has 7 heteroatoms. The third kappa shape index (κ3) is 3.27. The Hall–Kier alpha value is -1.99. The Labute approximate surface area is 108 Å². The summed E-state index contributed by atoms with van der Waals surface area (Å²) in [5, 5.41) is 11.0. The smallest absolute Gasteiger partial charge is 0.335 e. The number of benzene rings is 1. The molecule has 2 rings (SSSR count). The average molecular weight is 269 g/mol. The van der Waals surface area contributed by atoms with E-state index in [2.05, 4.69) is 5.32 Å². The number of anilines is 1. The molecule has 6 nitrogen and oxygen atoms in total. The molecule has 1 aliphatic heterocycles. The molecule has 102 valence electrons. The normalized spacial score (nSPS) is 18.9. The van der Waals surface area contributed by atoms with Gasteiger partial charge in [0.1, 0.15) is 5.82 Å². The lowest BCUT2D eigenvalue weighted by atomic mass is 10.2. The molecule has 1 heterocycles. The van der Waals surface area contributed by atoms with Crippen molar-refractivity contribution in [3.05, 3.63) is 29.6 Å². The number of halogens is 1. The van der Waals surface area contributed by atoms with Gasteiger partial charge >= 0.3 is 5.97 Å². The Morgan fingerprint density at radius 1 is 1.37 bits per heavy atom. The Morgan fingerprint density at radius 2 is 2.16 bits per heavy atom. The first-order valence-corrected chi connectivity index (χ1v) is 5.61. The molecule has 0 spiro atoms. The number of hydrogen-bond donors (Lipinski definition) is 2. The Balaban J connectivity index is 2.06. The minimum atomic E-state index is -1.24. The summed E-state index contributed by atoms with van der Waals surface area (Å²) in [5.74, 6) is -2.58. The number of nitrogens with one attached hydrogen (secondary N) is 1. The second-order valence-corrected chi connectivity index (χ2v) is 3.92. The van der Waals surface area contributed by atoms with Crippen molar-refractivity contribution >= 4 is 17.6 Å². The number of carboxylic acids is 1. The van der Waals surface area contributed by atoms with E-state index < -0.39 is 23.8 Å². The zero-order chi connectivity index (χ0) is 13.8. The lowest BCUT2D eigenvalue weighted by molar-refractivity contribution is -0.142. The van der Waals surface area contributed by atoms with Crippen LogP contribution in [0.4, 0.5) is 10.1 Å². The van der Waals surface area contributed by atoms with E-state index in [0.29, 0.717) is 13.2 Å². The van der Waals surface area contributed by atoms with E-state index >= 15 is 0 Å². The van der Waals surface area contributed by atoms with Crippen LogP contribution in [-0.4, -0.2) is 42.9 Å². The molecule has 1 saturated heterocycles. The molecule has 0 saturated carbocycles. The summed E-state index contributed by atoms with van der Waals surface area (Å²) < 4.78 is 23.8. The molecule has 1 amide bonds. The van der Waals surface area contributed by atoms with Crippen LogP contribution in [0.25, 0.3) is 0 Å². The number of carbonyl (C=O) groups excluding carboxylic acids is 1. The molecule has 1 unspecified atom stereocenters. The first kappa shape index (κ1) is 13.4. The van der Waals surface area contributed by atoms with Gasteiger partial charge in [0.2, 0.25) is 0 Å². The Morgan fingerprint density at radius 3 is 2.74 bits per heavy atom. The fraction of sp³-hybridized carbons (Fsp3) is 0.333. The van der Waals surface area contributed by atoms with E-state index in [1.165, 1.54) is 12.1 Å². The lowest BCUT2D eigenvalue weighted by Crippen LogP contribution is -2.39. The van der Waals surface area contributed by atoms with Crippen LogP contribution >= 0.6 is 0 Å². The van der Waals surface area contributed by atoms with Crippen molar-refractivity contribution in [2.75, 3.05) is 25.1 Å². The average Bonchev–Trinajstić information content (AvgIpc) is 2.41. The van der Waals surface area contributed by atoms with Gasteiger partial charge in [-0.15, -0.1) is 0 Å². The van der Waals surface area contributed by atoms with E-state index in [4.69, 9.17) is 14.6 Å². The number of amides is 1. The highest BCUT2D eigenvalue weighted by molar-refractivity contribution is 5.95. The van der Waals surface area contributed by atoms with E-state index in [9.17, 15) is 14.0 Å². The minimum absolute atomic E-state index is 0.0934. The van der Waals surface area contributed by atoms with Crippen LogP contribution in [-0.2, 0) is 14.3 Å². The maximum Gasteiger partial charge on any atom is 0.335 e. The minimum Gasteiger partial charge on any atom is -0.478 e. The molecule has 1 aromatic carbocycles. The number of aromatic carboxylic acids is 1. The van der Waals surface area contributed by atoms with Gasteiger partial charge in [0.15, 0.2) is 6.10 Å². The molecule has 0 aromatic heterocycles. The maximum atomic E-state index is 13.6. The third-order valence-electron chi connectivity index (χ3n) is 2.58. The summed E-state index contributed by atoms with van der Waals surface area (Å²) in [5.41, 5.74) is -0.281. The summed E-state index contributed by atoms with van der Waals surface area (Å²) in [4.78, 5) is 22.4. The van der Waals surface area contributed by atoms with Crippen molar-refractivity contribution in [3.8, 4) is 0 Å². The Kier molecular flexibility index (Phi) is 4.08. The van der Waals surface area contributed by atoms with E-state index in [1.807, 2.05) is 0 Å². The second-order valence-electron chi connectivity index (χ2n) is 3.92. The highest BCUT2D eigenvalue weighted by Crippen LogP contribution is 2.17. The van der Waals surface area contributed by atoms with Gasteiger partial charge in [0, 0.05) is 0 Å². The van der Waals surface area contributed by atoms with Crippen LogP contribution in [0.5, 0.6) is 0 Å². The number of rotatable bonds is 3. The molecule has 0 radical (unpaired) electrons. The van der Waals surface area contributed by atoms with Gasteiger partial charge in [-0.25, -0.2) is 9.18 Å². The summed E-state index contributed by atoms with van der Waals surface area (Å²) in [6.07, 6.45) is -0.785. The van der Waals surface area contributed by atoms with Gasteiger partial charge in [0.05, 0.1) is 31.1 Å². The summed E-state index contributed by atoms with van der Waals surface area (Å²) in [6.45, 7) is 0.838. The van der Waals surface area contributed by atoms with Crippen molar-refractivity contribution in [2.45, 2.75) is 6.10 Å². The van der Waals surface area contributed by atoms with Crippen molar-refractivity contribution < 1.29 is 28.6 Å². The van der Waals surface area contributed by atoms with Crippen LogP contribution in [0.15, 0.2) is 18.2 Å². The van der Waals surface area contributed by atoms with Crippen molar-refractivity contribution in [1.29, 1.82) is 0 Å². The molecule has 19 heavy (non-hydrogen) atoms. The molecule has 0 bridgehead atoms. The fourth-order valence-corrected chi connectivity index (χ4v) is 1.60. The quantitative estimate of drug-likeness (QED) is 0.850. The molecule has 1 aliphatic rings. The zero-order valence-corrected chi connectivity index (χ0v) is 9.89. The third-order valence-corrected chi connectivity index (χ3v) is 2.58. The van der Waals surface area contributed by atoms with E-state index in [0.717, 1.165) is 6.07 Å². The molecule has 0 aliphatic carbocycles. The Bertz CT molecular complexity index is 499. The van der Waals surface area contributed by atoms with Gasteiger partial charge in [-0.2, -0.15) is 0 Å². The lowest BCUT2D eigenvalue weighted by Gasteiger charge is -2.22. The van der Waals surface area contributed by atoms with Crippen molar-refractivity contribution in [2.24, 2.45) is 0 Å². The topological polar surface area (TPSA) is 84.9 Å². The van der Waals surface area contributed by atoms with Crippen molar-refractivity contribution in [3.63, 3.8) is 0 Å². The highest BCUT2D eigenvalue weighted by Gasteiger charge is 2.23. The fourth-order valence-electron chi connectivity index (χ4n) is 1.60. The number of hydrogen-bond acceptors (Lipinski definition) is 4. The molecular formula is C12H12FNO5. The number of carboxylic acid groups (broad SMARTS) is 1. The van der Waals surface area contributed by atoms with Crippen LogP contribution in [0, 0.1) is 5.82 Å². The van der Waals surface area contributed by atoms with Gasteiger partial charge in [-0.05, 0) is 18.2 Å². The molecule has 1 aromatic rings. The second kappa shape index (κ2) is 5.77. The van der Waals surface area contributed by atoms with Crippen LogP contribution in [0.2, 0.25) is 0 Å². The largest absolute Gasteiger partial charge is 0.478 e. The van der Waals surface area contributed by atoms with Gasteiger partial charge in [-0.1, -0.05) is 0 Å². The monoisotopic (exact) mass is 269 g/mol. The van der Waals surface area contributed by atoms with Crippen LogP contribution in [0.1, 0.15) is 10.4 Å². The molecular weight excluding hydrogens is 257 g/mol. The predicted molar refractivity (Wildman–Crippen MR) is 62.5 cm³/mol. The first-order chi connectivity index (χ1) is 9.08. The van der Waals surface area contributed by atoms with Crippen LogP contribution in [0.3, 0.4) is 0 Å². The molecule has 1 fully saturated rings. The van der Waals surface area contributed by atoms with Gasteiger partial charge < -0.3 is 19.9 Å². The van der Waals surface area contributed by atoms with Crippen molar-refractivity contribution in [1.82, 2.24) is 0 Å². The van der Waals surface area contributed by atoms with Crippen LogP contribution < -0.4 is 5.32 Å². The summed E-state index contributed by atoms with van der Waals surface area (Å²) in [7, 11) is 0. The summed E-state index contributed by atoms with van der Waals surface area (Å²) in [6, 6.07) is 3.25. The number of ether oxygens (including phenoxy) is 2. The van der Waals surface area contributed by atoms with Gasteiger partial charge in [-0.3, -0.25) is 4.79 Å². The summed E-state index contributed by atoms with van der Waals surface area (Å²) >= 11 is 0. The highest BCUT2D eigenvalue weighted by atomic mass is 19.1. The maximum absolute atomic E-state index is 13.6. The number of carbonyl (C=O) groups is 2. The zero-order valence-electron chi connectivity index (χ0n) is 9.89. The van der Waals surface area contributed by atoms with E-state index in [-0.39, 0.29) is 17.9 Å². The standard InChI is InChI=1S/C12H12FNO5/c13-8-5-7(12(16)17)1-2-9(8)14-11(15)10-6-18-3-4-19-10/h1-2,5,10H,3-4,6H2,(H,14,15)(H,16,17). The first-order valence-electron chi connectivity index (χ1n) is 5.61. The SMILES string of the molecule is O=C(O)c1ccc(NC(=O)C2COCCO2)c(F)c1. The molecule has 2 N–H and O–H groups in total. The van der Waals surface area contributed by atoms with E-state index in [1.54, 1.807) is 0 Å². The van der Waals surface area contributed by atoms with Gasteiger partial charge in [0.25, 0.3) is 5.91 Å². The predicted octanol–water partition coefficient (Wildman–Crippen LogP) is 0.878.